The molecule has 0 spiro atoms. The van der Waals surface area contributed by atoms with Crippen molar-refractivity contribution in [2.24, 2.45) is 7.05 Å². The predicted octanol–water partition coefficient (Wildman–Crippen LogP) is 2.09. The molecule has 1 N–H and O–H groups in total. The van der Waals surface area contributed by atoms with Gasteiger partial charge in [0.05, 0.1) is 21.5 Å². The average Bonchev–Trinajstić information content (AvgIpc) is 3.32. The van der Waals surface area contributed by atoms with Crippen LogP contribution in [0.2, 0.25) is 5.02 Å². The highest BCUT2D eigenvalue weighted by Gasteiger charge is 2.22. The van der Waals surface area contributed by atoms with Gasteiger partial charge < -0.3 is 4.90 Å². The number of amides is 1. The van der Waals surface area contributed by atoms with Gasteiger partial charge in [0, 0.05) is 25.2 Å². The van der Waals surface area contributed by atoms with Crippen molar-refractivity contribution in [1.29, 1.82) is 0 Å². The Hall–Kier alpha value is -3.11. The zero-order valence-electron chi connectivity index (χ0n) is 18.2. The molecule has 1 saturated heterocycles. The molecular formula is C22H23ClN4O5S. The maximum absolute atomic E-state index is 13.1. The van der Waals surface area contributed by atoms with E-state index in [1.54, 1.807) is 30.0 Å². The number of benzene rings is 2. The molecule has 1 aliphatic rings. The summed E-state index contributed by atoms with van der Waals surface area (Å²) < 4.78 is 30.6. The van der Waals surface area contributed by atoms with Crippen LogP contribution in [0.4, 0.5) is 5.69 Å². The third-order valence-electron chi connectivity index (χ3n) is 5.82. The summed E-state index contributed by atoms with van der Waals surface area (Å²) in [6.07, 6.45) is 1.77. The van der Waals surface area contributed by atoms with Gasteiger partial charge in [0.25, 0.3) is 15.6 Å². The number of likely N-dealkylation sites (tertiary alicyclic amines) is 1. The Bertz CT molecular complexity index is 1490. The van der Waals surface area contributed by atoms with Gasteiger partial charge in [0.15, 0.2) is 0 Å². The van der Waals surface area contributed by atoms with Crippen LogP contribution in [0.3, 0.4) is 0 Å². The molecule has 4 rings (SSSR count). The summed E-state index contributed by atoms with van der Waals surface area (Å²) in [5.74, 6) is -0.310. The number of carbonyl (C=O) groups excluding carboxylic acids is 1. The number of hydrogen-bond acceptors (Lipinski definition) is 5. The van der Waals surface area contributed by atoms with Gasteiger partial charge in [-0.1, -0.05) is 11.6 Å². The van der Waals surface area contributed by atoms with E-state index in [0.29, 0.717) is 29.4 Å². The molecule has 0 atom stereocenters. The third-order valence-corrected chi connectivity index (χ3v) is 7.42. The van der Waals surface area contributed by atoms with Crippen molar-refractivity contribution in [2.75, 3.05) is 17.8 Å². The van der Waals surface area contributed by atoms with Crippen LogP contribution in [-0.2, 0) is 28.4 Å². The topological polar surface area (TPSA) is 110 Å². The van der Waals surface area contributed by atoms with Crippen molar-refractivity contribution >= 4 is 44.1 Å². The summed E-state index contributed by atoms with van der Waals surface area (Å²) in [6.45, 7) is 2.52. The van der Waals surface area contributed by atoms with Gasteiger partial charge in [-0.2, -0.15) is 0 Å². The minimum atomic E-state index is -4.03. The fourth-order valence-corrected chi connectivity index (χ4v) is 5.33. The van der Waals surface area contributed by atoms with E-state index in [2.05, 4.69) is 4.72 Å². The van der Waals surface area contributed by atoms with Crippen LogP contribution in [0.1, 0.15) is 18.4 Å². The number of sulfonamides is 1. The Morgan fingerprint density at radius 2 is 1.79 bits per heavy atom. The molecule has 0 saturated carbocycles. The lowest BCUT2D eigenvalue weighted by atomic mass is 10.2. The van der Waals surface area contributed by atoms with Crippen LogP contribution in [0.15, 0.2) is 50.9 Å². The van der Waals surface area contributed by atoms with Crippen molar-refractivity contribution in [3.63, 3.8) is 0 Å². The lowest BCUT2D eigenvalue weighted by Gasteiger charge is -2.17. The molecule has 1 aromatic heterocycles. The summed E-state index contributed by atoms with van der Waals surface area (Å²) >= 11 is 5.94. The molecule has 0 unspecified atom stereocenters. The minimum absolute atomic E-state index is 0.0297. The summed E-state index contributed by atoms with van der Waals surface area (Å²) in [5.41, 5.74) is -0.0759. The molecule has 0 aliphatic carbocycles. The first-order valence-electron chi connectivity index (χ1n) is 10.4. The Balaban J connectivity index is 1.76. The number of nitrogens with one attached hydrogen (secondary N) is 1. The van der Waals surface area contributed by atoms with Crippen LogP contribution < -0.4 is 16.0 Å². The molecule has 2 aromatic carbocycles. The SMILES string of the molecule is Cc1cc(Cl)ccc1NS(=O)(=O)c1ccc2c(c1)c(=O)n(CC(=O)N1CCCC1)c(=O)n2C. The number of carbonyl (C=O) groups is 1. The van der Waals surface area contributed by atoms with Crippen LogP contribution in [-0.4, -0.2) is 41.4 Å². The van der Waals surface area contributed by atoms with Crippen LogP contribution in [0, 0.1) is 6.92 Å². The number of nitrogens with zero attached hydrogens (tertiary/aromatic N) is 3. The Morgan fingerprint density at radius 1 is 1.09 bits per heavy atom. The number of halogens is 1. The Kier molecular flexibility index (Phi) is 6.06. The second-order valence-electron chi connectivity index (χ2n) is 8.06. The lowest BCUT2D eigenvalue weighted by Crippen LogP contribution is -2.43. The molecule has 11 heteroatoms. The van der Waals surface area contributed by atoms with Gasteiger partial charge in [-0.15, -0.1) is 0 Å². The van der Waals surface area contributed by atoms with E-state index in [1.807, 2.05) is 0 Å². The smallest absolute Gasteiger partial charge is 0.331 e. The molecule has 9 nitrogen and oxygen atoms in total. The number of rotatable bonds is 5. The first-order valence-corrected chi connectivity index (χ1v) is 12.2. The molecule has 33 heavy (non-hydrogen) atoms. The van der Waals surface area contributed by atoms with E-state index in [0.717, 1.165) is 17.4 Å². The van der Waals surface area contributed by atoms with E-state index in [4.69, 9.17) is 11.6 Å². The minimum Gasteiger partial charge on any atom is -0.341 e. The number of hydrogen-bond donors (Lipinski definition) is 1. The summed E-state index contributed by atoms with van der Waals surface area (Å²) in [7, 11) is -2.56. The van der Waals surface area contributed by atoms with E-state index in [9.17, 15) is 22.8 Å². The van der Waals surface area contributed by atoms with Crippen molar-refractivity contribution < 1.29 is 13.2 Å². The zero-order valence-corrected chi connectivity index (χ0v) is 19.7. The normalized spacial score (nSPS) is 14.1. The van der Waals surface area contributed by atoms with Crippen LogP contribution in [0.5, 0.6) is 0 Å². The zero-order chi connectivity index (χ0) is 23.9. The molecule has 0 bridgehead atoms. The fraction of sp³-hybridized carbons (Fsp3) is 0.318. The van der Waals surface area contributed by atoms with E-state index in [-0.39, 0.29) is 28.3 Å². The molecular weight excluding hydrogens is 468 g/mol. The van der Waals surface area contributed by atoms with E-state index >= 15 is 0 Å². The second-order valence-corrected chi connectivity index (χ2v) is 10.2. The van der Waals surface area contributed by atoms with Gasteiger partial charge >= 0.3 is 5.69 Å². The van der Waals surface area contributed by atoms with E-state index < -0.39 is 21.3 Å². The third kappa shape index (κ3) is 4.40. The maximum Gasteiger partial charge on any atom is 0.331 e. The number of aryl methyl sites for hydroxylation is 2. The molecule has 1 fully saturated rings. The Morgan fingerprint density at radius 3 is 2.45 bits per heavy atom. The summed E-state index contributed by atoms with van der Waals surface area (Å²) in [6, 6.07) is 8.71. The van der Waals surface area contributed by atoms with Gasteiger partial charge in [0.2, 0.25) is 5.91 Å². The Labute approximate surface area is 195 Å². The highest BCUT2D eigenvalue weighted by Crippen LogP contribution is 2.24. The molecule has 3 aromatic rings. The summed E-state index contributed by atoms with van der Waals surface area (Å²) in [5, 5.41) is 0.508. The van der Waals surface area contributed by atoms with Crippen molar-refractivity contribution in [2.45, 2.75) is 31.2 Å². The first kappa shape index (κ1) is 23.1. The molecule has 1 amide bonds. The summed E-state index contributed by atoms with van der Waals surface area (Å²) in [4.78, 5) is 39.9. The molecule has 1 aliphatic heterocycles. The van der Waals surface area contributed by atoms with Crippen LogP contribution >= 0.6 is 11.6 Å². The quantitative estimate of drug-likeness (QED) is 0.588. The average molecular weight is 491 g/mol. The maximum atomic E-state index is 13.1. The van der Waals surface area contributed by atoms with Gasteiger partial charge in [0.1, 0.15) is 6.54 Å². The van der Waals surface area contributed by atoms with E-state index in [1.165, 1.54) is 29.8 Å². The van der Waals surface area contributed by atoms with Gasteiger partial charge in [-0.25, -0.2) is 13.2 Å². The lowest BCUT2D eigenvalue weighted by molar-refractivity contribution is -0.130. The second kappa shape index (κ2) is 8.68. The van der Waals surface area contributed by atoms with Crippen LogP contribution in [0.25, 0.3) is 10.9 Å². The number of aromatic nitrogens is 2. The molecule has 174 valence electrons. The first-order chi connectivity index (χ1) is 15.6. The van der Waals surface area contributed by atoms with Crippen molar-refractivity contribution in [1.82, 2.24) is 14.0 Å². The predicted molar refractivity (Wildman–Crippen MR) is 126 cm³/mol. The van der Waals surface area contributed by atoms with Crippen molar-refractivity contribution in [3.8, 4) is 0 Å². The van der Waals surface area contributed by atoms with Gasteiger partial charge in [-0.05, 0) is 61.7 Å². The highest BCUT2D eigenvalue weighted by molar-refractivity contribution is 7.92. The number of anilines is 1. The van der Waals surface area contributed by atoms with Gasteiger partial charge in [-0.3, -0.25) is 23.4 Å². The largest absolute Gasteiger partial charge is 0.341 e. The highest BCUT2D eigenvalue weighted by atomic mass is 35.5. The number of fused-ring (bicyclic) bond motifs is 1. The standard InChI is InChI=1S/C22H23ClN4O5S/c1-14-11-15(23)5-7-18(14)24-33(31,32)16-6-8-19-17(12-16)21(29)27(22(30)25(19)2)13-20(28)26-9-3-4-10-26/h5-8,11-12,24H,3-4,9-10,13H2,1-2H3. The monoisotopic (exact) mass is 490 g/mol. The molecule has 2 heterocycles. The fourth-order valence-electron chi connectivity index (χ4n) is 3.95. The van der Waals surface area contributed by atoms with Crippen molar-refractivity contribution in [3.05, 3.63) is 67.8 Å². The molecule has 0 radical (unpaired) electrons.